The summed E-state index contributed by atoms with van der Waals surface area (Å²) < 4.78 is 11.0. The molecule has 0 aromatic heterocycles. The molecule has 2 atom stereocenters. The number of rotatable bonds is 7. The first-order valence-electron chi connectivity index (χ1n) is 6.28. The summed E-state index contributed by atoms with van der Waals surface area (Å²) >= 11 is 2.81. The monoisotopic (exact) mass is 290 g/mol. The molecule has 0 radical (unpaired) electrons. The van der Waals surface area contributed by atoms with Gasteiger partial charge in [0, 0.05) is 23.3 Å². The Morgan fingerprint density at radius 2 is 1.33 bits per heavy atom. The first kappa shape index (κ1) is 14.4. The summed E-state index contributed by atoms with van der Waals surface area (Å²) in [6.07, 6.45) is 3.24. The number of carbonyl (C=O) groups excluding carboxylic acids is 2. The van der Waals surface area contributed by atoms with E-state index in [4.69, 9.17) is 9.47 Å². The van der Waals surface area contributed by atoms with Crippen molar-refractivity contribution in [3.05, 3.63) is 0 Å². The van der Waals surface area contributed by atoms with Crippen LogP contribution in [0.5, 0.6) is 0 Å². The molecule has 2 heterocycles. The fourth-order valence-corrected chi connectivity index (χ4v) is 3.96. The molecule has 2 aliphatic heterocycles. The molecule has 2 fully saturated rings. The molecule has 2 aliphatic rings. The fraction of sp³-hybridized carbons (Fsp3) is 0.833. The van der Waals surface area contributed by atoms with E-state index < -0.39 is 0 Å². The highest BCUT2D eigenvalue weighted by Crippen LogP contribution is 2.28. The van der Waals surface area contributed by atoms with Gasteiger partial charge in [0.1, 0.15) is 0 Å². The van der Waals surface area contributed by atoms with Crippen molar-refractivity contribution in [3.63, 3.8) is 0 Å². The standard InChI is InChI=1S/C12H18O4S2/c13-11-3-1-9(17-11)7-15-5-6-16-8-10-2-4-12(14)18-10/h9-10H,1-8H2. The fourth-order valence-electron chi connectivity index (χ4n) is 1.95. The lowest BCUT2D eigenvalue weighted by atomic mass is 10.2. The van der Waals surface area contributed by atoms with Gasteiger partial charge in [-0.05, 0) is 12.8 Å². The molecule has 0 aromatic rings. The molecule has 6 heteroatoms. The molecule has 0 N–H and O–H groups in total. The quantitative estimate of drug-likeness (QED) is 0.667. The van der Waals surface area contributed by atoms with Crippen molar-refractivity contribution in [2.75, 3.05) is 26.4 Å². The predicted molar refractivity (Wildman–Crippen MR) is 72.9 cm³/mol. The zero-order valence-electron chi connectivity index (χ0n) is 10.3. The third-order valence-corrected chi connectivity index (χ3v) is 5.26. The Labute approximate surface area is 116 Å². The molecule has 0 aromatic carbocycles. The normalized spacial score (nSPS) is 28.2. The third-order valence-electron chi connectivity index (χ3n) is 2.92. The van der Waals surface area contributed by atoms with Crippen LogP contribution in [0.15, 0.2) is 0 Å². The molecule has 0 saturated carbocycles. The molecule has 0 amide bonds. The van der Waals surface area contributed by atoms with Crippen LogP contribution in [0.1, 0.15) is 25.7 Å². The second-order valence-electron chi connectivity index (χ2n) is 4.45. The summed E-state index contributed by atoms with van der Waals surface area (Å²) in [5.74, 6) is 0. The third kappa shape index (κ3) is 4.91. The van der Waals surface area contributed by atoms with Gasteiger partial charge in [-0.1, -0.05) is 23.5 Å². The zero-order chi connectivity index (χ0) is 12.8. The van der Waals surface area contributed by atoms with Gasteiger partial charge in [0.25, 0.3) is 0 Å². The average Bonchev–Trinajstić information content (AvgIpc) is 2.93. The summed E-state index contributed by atoms with van der Waals surface area (Å²) in [6.45, 7) is 2.40. The van der Waals surface area contributed by atoms with Gasteiger partial charge in [-0.3, -0.25) is 9.59 Å². The highest BCUT2D eigenvalue weighted by Gasteiger charge is 2.23. The van der Waals surface area contributed by atoms with Crippen LogP contribution in [0, 0.1) is 0 Å². The largest absolute Gasteiger partial charge is 0.378 e. The Bertz CT molecular complexity index is 278. The van der Waals surface area contributed by atoms with E-state index >= 15 is 0 Å². The highest BCUT2D eigenvalue weighted by atomic mass is 32.2. The molecule has 0 spiro atoms. The maximum Gasteiger partial charge on any atom is 0.189 e. The van der Waals surface area contributed by atoms with E-state index in [2.05, 4.69) is 0 Å². The van der Waals surface area contributed by atoms with Gasteiger partial charge < -0.3 is 9.47 Å². The van der Waals surface area contributed by atoms with Gasteiger partial charge in [-0.2, -0.15) is 0 Å². The van der Waals surface area contributed by atoms with Crippen molar-refractivity contribution in [1.29, 1.82) is 0 Å². The lowest BCUT2D eigenvalue weighted by Crippen LogP contribution is -2.15. The SMILES string of the molecule is O=C1CCC(COCCOCC2CCC(=O)S2)S1. The van der Waals surface area contributed by atoms with Crippen molar-refractivity contribution >= 4 is 33.8 Å². The Morgan fingerprint density at radius 3 is 1.67 bits per heavy atom. The molecule has 102 valence electrons. The average molecular weight is 290 g/mol. The second-order valence-corrected chi connectivity index (χ2v) is 7.17. The van der Waals surface area contributed by atoms with Gasteiger partial charge >= 0.3 is 0 Å². The van der Waals surface area contributed by atoms with Gasteiger partial charge in [0.15, 0.2) is 10.2 Å². The van der Waals surface area contributed by atoms with Crippen LogP contribution in [-0.4, -0.2) is 47.2 Å². The molecule has 2 unspecified atom stereocenters. The Morgan fingerprint density at radius 1 is 0.889 bits per heavy atom. The maximum absolute atomic E-state index is 11.0. The van der Waals surface area contributed by atoms with Crippen LogP contribution < -0.4 is 0 Å². The lowest BCUT2D eigenvalue weighted by molar-refractivity contribution is -0.111. The predicted octanol–water partition coefficient (Wildman–Crippen LogP) is 1.86. The maximum atomic E-state index is 11.0. The summed E-state index contributed by atoms with van der Waals surface area (Å²) in [6, 6.07) is 0. The number of thioether (sulfide) groups is 2. The molecule has 2 saturated heterocycles. The molecular formula is C12H18O4S2. The summed E-state index contributed by atoms with van der Waals surface area (Å²) in [4.78, 5) is 22.0. The number of ether oxygens (including phenoxy) is 2. The topological polar surface area (TPSA) is 52.6 Å². The van der Waals surface area contributed by atoms with E-state index in [-0.39, 0.29) is 10.2 Å². The molecule has 0 aliphatic carbocycles. The minimum Gasteiger partial charge on any atom is -0.378 e. The van der Waals surface area contributed by atoms with Crippen molar-refractivity contribution in [3.8, 4) is 0 Å². The van der Waals surface area contributed by atoms with Crippen LogP contribution in [0.25, 0.3) is 0 Å². The molecule has 0 bridgehead atoms. The van der Waals surface area contributed by atoms with Crippen LogP contribution in [0.3, 0.4) is 0 Å². The summed E-state index contributed by atoms with van der Waals surface area (Å²) in [5.41, 5.74) is 0. The van der Waals surface area contributed by atoms with Crippen LogP contribution >= 0.6 is 23.5 Å². The van der Waals surface area contributed by atoms with Gasteiger partial charge in [0.05, 0.1) is 26.4 Å². The first-order chi connectivity index (χ1) is 8.74. The first-order valence-corrected chi connectivity index (χ1v) is 8.04. The molecule has 4 nitrogen and oxygen atoms in total. The van der Waals surface area contributed by atoms with Crippen LogP contribution in [0.4, 0.5) is 0 Å². The van der Waals surface area contributed by atoms with E-state index in [0.717, 1.165) is 12.8 Å². The van der Waals surface area contributed by atoms with E-state index in [1.165, 1.54) is 23.5 Å². The van der Waals surface area contributed by atoms with Crippen LogP contribution in [-0.2, 0) is 19.1 Å². The minimum absolute atomic E-state index is 0.280. The number of hydrogen-bond donors (Lipinski definition) is 0. The van der Waals surface area contributed by atoms with E-state index in [1.807, 2.05) is 0 Å². The lowest BCUT2D eigenvalue weighted by Gasteiger charge is -2.10. The Kier molecular flexibility index (Phi) is 6.01. The molecule has 18 heavy (non-hydrogen) atoms. The van der Waals surface area contributed by atoms with E-state index in [1.54, 1.807) is 0 Å². The van der Waals surface area contributed by atoms with Gasteiger partial charge in [0.2, 0.25) is 0 Å². The zero-order valence-corrected chi connectivity index (χ0v) is 11.9. The number of hydrogen-bond acceptors (Lipinski definition) is 6. The van der Waals surface area contributed by atoms with Gasteiger partial charge in [-0.25, -0.2) is 0 Å². The van der Waals surface area contributed by atoms with Crippen molar-refractivity contribution in [1.82, 2.24) is 0 Å². The van der Waals surface area contributed by atoms with Crippen molar-refractivity contribution in [2.45, 2.75) is 36.2 Å². The van der Waals surface area contributed by atoms with Gasteiger partial charge in [-0.15, -0.1) is 0 Å². The Balaban J connectivity index is 1.42. The minimum atomic E-state index is 0.280. The molecule has 2 rings (SSSR count). The summed E-state index contributed by atoms with van der Waals surface area (Å²) in [7, 11) is 0. The Hall–Kier alpha value is -0.0400. The van der Waals surface area contributed by atoms with Crippen LogP contribution in [0.2, 0.25) is 0 Å². The highest BCUT2D eigenvalue weighted by molar-refractivity contribution is 8.14. The number of carbonyl (C=O) groups is 2. The summed E-state index contributed by atoms with van der Waals surface area (Å²) in [5, 5.41) is 1.23. The second kappa shape index (κ2) is 7.53. The van der Waals surface area contributed by atoms with E-state index in [9.17, 15) is 9.59 Å². The molecular weight excluding hydrogens is 272 g/mol. The van der Waals surface area contributed by atoms with E-state index in [0.29, 0.717) is 49.8 Å². The van der Waals surface area contributed by atoms with Crippen molar-refractivity contribution in [2.24, 2.45) is 0 Å². The smallest absolute Gasteiger partial charge is 0.189 e. The van der Waals surface area contributed by atoms with Crippen molar-refractivity contribution < 1.29 is 19.1 Å².